The molecule has 36 heavy (non-hydrogen) atoms. The number of carbonyl (C=O) groups is 2. The zero-order valence-corrected chi connectivity index (χ0v) is 22.6. The van der Waals surface area contributed by atoms with Crippen LogP contribution in [0.3, 0.4) is 0 Å². The average Bonchev–Trinajstić information content (AvgIpc) is 3.08. The largest absolute Gasteiger partial charge is 0.507 e. The highest BCUT2D eigenvalue weighted by Crippen LogP contribution is 2.41. The van der Waals surface area contributed by atoms with Gasteiger partial charge >= 0.3 is 0 Å². The molecule has 6 heteroatoms. The Bertz CT molecular complexity index is 1130. The molecule has 1 fully saturated rings. The monoisotopic (exact) mass is 493 g/mol. The first-order valence-corrected chi connectivity index (χ1v) is 12.8. The maximum absolute atomic E-state index is 13.3. The third-order valence-electron chi connectivity index (χ3n) is 6.39. The number of Topliss-reactive ketones (excluding diaryl/α,β-unsaturated/α-hetero) is 1. The van der Waals surface area contributed by atoms with Crippen LogP contribution < -0.4 is 4.74 Å². The van der Waals surface area contributed by atoms with E-state index in [4.69, 9.17) is 9.47 Å². The molecule has 0 aliphatic carbocycles. The van der Waals surface area contributed by atoms with Crippen molar-refractivity contribution in [1.82, 2.24) is 4.90 Å². The number of ketones is 1. The molecule has 2 aromatic carbocycles. The van der Waals surface area contributed by atoms with Gasteiger partial charge in [-0.15, -0.1) is 0 Å². The molecule has 1 aliphatic rings. The molecule has 1 N–H and O–H groups in total. The van der Waals surface area contributed by atoms with E-state index in [1.165, 1.54) is 4.90 Å². The molecule has 0 aromatic heterocycles. The van der Waals surface area contributed by atoms with Gasteiger partial charge in [0.15, 0.2) is 0 Å². The van der Waals surface area contributed by atoms with Crippen molar-refractivity contribution >= 4 is 17.4 Å². The zero-order valence-electron chi connectivity index (χ0n) is 22.6. The number of amides is 1. The number of ether oxygens (including phenoxy) is 2. The van der Waals surface area contributed by atoms with Gasteiger partial charge in [0.1, 0.15) is 11.5 Å². The quantitative estimate of drug-likeness (QED) is 0.272. The minimum absolute atomic E-state index is 0.00350. The van der Waals surface area contributed by atoms with Gasteiger partial charge in [0.25, 0.3) is 11.7 Å². The predicted molar refractivity (Wildman–Crippen MR) is 142 cm³/mol. The molecule has 194 valence electrons. The topological polar surface area (TPSA) is 76.1 Å². The predicted octanol–water partition coefficient (Wildman–Crippen LogP) is 5.79. The number of aryl methyl sites for hydroxylation is 1. The lowest BCUT2D eigenvalue weighted by Crippen LogP contribution is -2.33. The third kappa shape index (κ3) is 5.81. The average molecular weight is 494 g/mol. The molecule has 1 aliphatic heterocycles. The Morgan fingerprint density at radius 1 is 1.06 bits per heavy atom. The van der Waals surface area contributed by atoms with E-state index in [1.54, 1.807) is 6.07 Å². The molecule has 0 radical (unpaired) electrons. The van der Waals surface area contributed by atoms with Crippen molar-refractivity contribution in [3.05, 3.63) is 70.3 Å². The van der Waals surface area contributed by atoms with E-state index in [1.807, 2.05) is 57.2 Å². The molecule has 6 nitrogen and oxygen atoms in total. The van der Waals surface area contributed by atoms with Crippen molar-refractivity contribution in [3.8, 4) is 5.75 Å². The smallest absolute Gasteiger partial charge is 0.295 e. The van der Waals surface area contributed by atoms with Crippen molar-refractivity contribution in [1.29, 1.82) is 0 Å². The van der Waals surface area contributed by atoms with Crippen LogP contribution in [0.4, 0.5) is 0 Å². The summed E-state index contributed by atoms with van der Waals surface area (Å²) in [6.45, 7) is 15.1. The summed E-state index contributed by atoms with van der Waals surface area (Å²) in [6.07, 6.45) is 0.883. The van der Waals surface area contributed by atoms with Gasteiger partial charge in [-0.25, -0.2) is 0 Å². The van der Waals surface area contributed by atoms with Crippen molar-refractivity contribution < 1.29 is 24.2 Å². The molecule has 1 saturated heterocycles. The van der Waals surface area contributed by atoms with E-state index in [-0.39, 0.29) is 29.4 Å². The molecular formula is C30H39NO5. The maximum atomic E-state index is 13.3. The Labute approximate surface area is 214 Å². The molecule has 0 bridgehead atoms. The Balaban J connectivity index is 2.15. The van der Waals surface area contributed by atoms with Crippen molar-refractivity contribution in [3.63, 3.8) is 0 Å². The summed E-state index contributed by atoms with van der Waals surface area (Å²) in [5.74, 6) is -0.762. The summed E-state index contributed by atoms with van der Waals surface area (Å²) >= 11 is 0. The van der Waals surface area contributed by atoms with Gasteiger partial charge in [-0.2, -0.15) is 0 Å². The van der Waals surface area contributed by atoms with Gasteiger partial charge in [0.05, 0.1) is 30.9 Å². The summed E-state index contributed by atoms with van der Waals surface area (Å²) in [7, 11) is 0. The fourth-order valence-electron chi connectivity index (χ4n) is 4.48. The van der Waals surface area contributed by atoms with Crippen LogP contribution in [0.2, 0.25) is 0 Å². The summed E-state index contributed by atoms with van der Waals surface area (Å²) in [5.41, 5.74) is 3.17. The number of nitrogens with zero attached hydrogens (tertiary/aromatic N) is 1. The first kappa shape index (κ1) is 27.5. The van der Waals surface area contributed by atoms with E-state index in [9.17, 15) is 14.7 Å². The van der Waals surface area contributed by atoms with Crippen molar-refractivity contribution in [2.24, 2.45) is 0 Å². The van der Waals surface area contributed by atoms with E-state index in [0.717, 1.165) is 28.9 Å². The van der Waals surface area contributed by atoms with Crippen LogP contribution in [0.1, 0.15) is 76.8 Å². The van der Waals surface area contributed by atoms with Crippen molar-refractivity contribution in [2.75, 3.05) is 19.8 Å². The number of rotatable bonds is 9. The van der Waals surface area contributed by atoms with Crippen LogP contribution in [0.25, 0.3) is 5.76 Å². The Morgan fingerprint density at radius 3 is 2.28 bits per heavy atom. The van der Waals surface area contributed by atoms with Crippen molar-refractivity contribution in [2.45, 2.75) is 72.4 Å². The lowest BCUT2D eigenvalue weighted by atomic mass is 9.84. The highest BCUT2D eigenvalue weighted by molar-refractivity contribution is 6.46. The standard InChI is InChI=1S/C30H39NO5/c1-8-20-10-12-21(13-11-20)26-25(28(33)29(34)31(26)16-17-36-19(3)4)27(32)22-14-15-24(35-9-2)23(18-22)30(5,6)7/h10-15,18-19,26,32H,8-9,16-17H2,1-7H3/b27-25-. The second kappa shape index (κ2) is 11.3. The van der Waals surface area contributed by atoms with Gasteiger partial charge in [-0.05, 0) is 61.9 Å². The third-order valence-corrected chi connectivity index (χ3v) is 6.39. The van der Waals surface area contributed by atoms with E-state index in [2.05, 4.69) is 27.7 Å². The summed E-state index contributed by atoms with van der Waals surface area (Å²) in [5, 5.41) is 11.5. The summed E-state index contributed by atoms with van der Waals surface area (Å²) in [4.78, 5) is 28.0. The summed E-state index contributed by atoms with van der Waals surface area (Å²) < 4.78 is 11.5. The maximum Gasteiger partial charge on any atom is 0.295 e. The van der Waals surface area contributed by atoms with Crippen LogP contribution in [0.5, 0.6) is 5.75 Å². The number of carbonyl (C=O) groups excluding carboxylic acids is 2. The Hall–Kier alpha value is -3.12. The second-order valence-electron chi connectivity index (χ2n) is 10.4. The molecule has 3 rings (SSSR count). The molecule has 1 heterocycles. The van der Waals surface area contributed by atoms with Gasteiger partial charge in [-0.1, -0.05) is 52.0 Å². The van der Waals surface area contributed by atoms with Gasteiger partial charge in [0, 0.05) is 17.7 Å². The highest BCUT2D eigenvalue weighted by Gasteiger charge is 2.46. The number of hydrogen-bond donors (Lipinski definition) is 1. The van der Waals surface area contributed by atoms with Crippen LogP contribution in [0.15, 0.2) is 48.0 Å². The molecule has 1 amide bonds. The molecule has 2 aromatic rings. The number of likely N-dealkylation sites (tertiary alicyclic amines) is 1. The van der Waals surface area contributed by atoms with Crippen LogP contribution >= 0.6 is 0 Å². The molecule has 1 atom stereocenters. The van der Waals surface area contributed by atoms with Crippen LogP contribution in [-0.4, -0.2) is 47.6 Å². The fourth-order valence-corrected chi connectivity index (χ4v) is 4.48. The molecular weight excluding hydrogens is 454 g/mol. The number of aliphatic hydroxyl groups is 1. The Kier molecular flexibility index (Phi) is 8.62. The number of benzene rings is 2. The summed E-state index contributed by atoms with van der Waals surface area (Å²) in [6, 6.07) is 12.6. The molecule has 0 spiro atoms. The van der Waals surface area contributed by atoms with Gasteiger partial charge < -0.3 is 19.5 Å². The molecule has 1 unspecified atom stereocenters. The molecule has 0 saturated carbocycles. The fraction of sp³-hybridized carbons (Fsp3) is 0.467. The van der Waals surface area contributed by atoms with Gasteiger partial charge in [0.2, 0.25) is 0 Å². The van der Waals surface area contributed by atoms with Gasteiger partial charge in [-0.3, -0.25) is 9.59 Å². The second-order valence-corrected chi connectivity index (χ2v) is 10.4. The van der Waals surface area contributed by atoms with E-state index < -0.39 is 17.7 Å². The van der Waals surface area contributed by atoms with E-state index in [0.29, 0.717) is 18.8 Å². The minimum Gasteiger partial charge on any atom is -0.507 e. The first-order chi connectivity index (χ1) is 17.0. The number of hydrogen-bond acceptors (Lipinski definition) is 5. The first-order valence-electron chi connectivity index (χ1n) is 12.8. The van der Waals surface area contributed by atoms with Crippen LogP contribution in [-0.2, 0) is 26.2 Å². The van der Waals surface area contributed by atoms with E-state index >= 15 is 0 Å². The number of aliphatic hydroxyl groups excluding tert-OH is 1. The van der Waals surface area contributed by atoms with Crippen LogP contribution in [0, 0.1) is 0 Å². The Morgan fingerprint density at radius 2 is 1.72 bits per heavy atom. The SMILES string of the molecule is CCOc1ccc(/C(O)=C2/C(=O)C(=O)N(CCOC(C)C)C2c2ccc(CC)cc2)cc1C(C)(C)C. The highest BCUT2D eigenvalue weighted by atomic mass is 16.5. The lowest BCUT2D eigenvalue weighted by Gasteiger charge is -2.26. The minimum atomic E-state index is -0.698. The normalized spacial score (nSPS) is 17.8. The zero-order chi connectivity index (χ0) is 26.6. The lowest BCUT2D eigenvalue weighted by molar-refractivity contribution is -0.140.